The van der Waals surface area contributed by atoms with E-state index in [1.54, 1.807) is 6.26 Å². The van der Waals surface area contributed by atoms with Crippen molar-refractivity contribution in [2.45, 2.75) is 25.7 Å². The summed E-state index contributed by atoms with van der Waals surface area (Å²) in [6.07, 6.45) is 5.41. The Labute approximate surface area is 88.8 Å². The first-order valence-electron chi connectivity index (χ1n) is 5.12. The standard InChI is InChI=1S/C11H16O4/c12-9-11(13)15-7-3-1-2-5-10-6-4-8-14-10/h4,6,8,12H,1-3,5,7,9H2. The summed E-state index contributed by atoms with van der Waals surface area (Å²) in [5.74, 6) is 0.434. The summed E-state index contributed by atoms with van der Waals surface area (Å²) in [6.45, 7) is -0.149. The van der Waals surface area contributed by atoms with E-state index in [0.29, 0.717) is 6.61 Å². The van der Waals surface area contributed by atoms with Gasteiger partial charge in [-0.15, -0.1) is 0 Å². The zero-order valence-electron chi connectivity index (χ0n) is 8.65. The van der Waals surface area contributed by atoms with Crippen LogP contribution >= 0.6 is 0 Å². The Bertz CT molecular complexity index is 266. The zero-order chi connectivity index (χ0) is 10.9. The van der Waals surface area contributed by atoms with Crippen LogP contribution < -0.4 is 0 Å². The van der Waals surface area contributed by atoms with E-state index in [1.807, 2.05) is 12.1 Å². The van der Waals surface area contributed by atoms with Crippen LogP contribution in [0.15, 0.2) is 22.8 Å². The third-order valence-corrected chi connectivity index (χ3v) is 2.04. The molecule has 0 radical (unpaired) electrons. The van der Waals surface area contributed by atoms with E-state index in [-0.39, 0.29) is 0 Å². The lowest BCUT2D eigenvalue weighted by Crippen LogP contribution is -2.09. The Morgan fingerprint density at radius 3 is 2.93 bits per heavy atom. The molecule has 0 fully saturated rings. The van der Waals surface area contributed by atoms with Crippen molar-refractivity contribution >= 4 is 5.97 Å². The molecular weight excluding hydrogens is 196 g/mol. The van der Waals surface area contributed by atoms with Crippen LogP contribution in [-0.4, -0.2) is 24.3 Å². The van der Waals surface area contributed by atoms with Gasteiger partial charge in [-0.25, -0.2) is 4.79 Å². The highest BCUT2D eigenvalue weighted by atomic mass is 16.5. The number of hydrogen-bond donors (Lipinski definition) is 1. The number of furan rings is 1. The van der Waals surface area contributed by atoms with Crippen molar-refractivity contribution < 1.29 is 19.1 Å². The van der Waals surface area contributed by atoms with Gasteiger partial charge in [0, 0.05) is 6.42 Å². The number of unbranched alkanes of at least 4 members (excludes halogenated alkanes) is 2. The van der Waals surface area contributed by atoms with Crippen molar-refractivity contribution in [1.82, 2.24) is 0 Å². The van der Waals surface area contributed by atoms with Gasteiger partial charge in [-0.1, -0.05) is 0 Å². The van der Waals surface area contributed by atoms with E-state index in [0.717, 1.165) is 31.4 Å². The highest BCUT2D eigenvalue weighted by Gasteiger charge is 1.99. The van der Waals surface area contributed by atoms with Gasteiger partial charge >= 0.3 is 5.97 Å². The Hall–Kier alpha value is -1.29. The molecule has 0 aliphatic heterocycles. The zero-order valence-corrected chi connectivity index (χ0v) is 8.65. The van der Waals surface area contributed by atoms with Crippen molar-refractivity contribution in [3.8, 4) is 0 Å². The SMILES string of the molecule is O=C(CO)OCCCCCc1ccco1. The summed E-state index contributed by atoms with van der Waals surface area (Å²) in [4.78, 5) is 10.5. The molecule has 1 aromatic rings. The topological polar surface area (TPSA) is 59.7 Å². The molecule has 0 saturated heterocycles. The molecule has 0 spiro atoms. The number of aryl methyl sites for hydroxylation is 1. The van der Waals surface area contributed by atoms with Crippen molar-refractivity contribution in [2.24, 2.45) is 0 Å². The fourth-order valence-electron chi connectivity index (χ4n) is 1.26. The first-order chi connectivity index (χ1) is 7.33. The number of ether oxygens (including phenoxy) is 1. The summed E-state index contributed by atoms with van der Waals surface area (Å²) in [7, 11) is 0. The fourth-order valence-corrected chi connectivity index (χ4v) is 1.26. The average molecular weight is 212 g/mol. The maximum absolute atomic E-state index is 10.5. The second kappa shape index (κ2) is 7.06. The summed E-state index contributed by atoms with van der Waals surface area (Å²) < 4.78 is 9.89. The number of rotatable bonds is 7. The molecule has 1 rings (SSSR count). The van der Waals surface area contributed by atoms with Gasteiger partial charge in [0.15, 0.2) is 0 Å². The normalized spacial score (nSPS) is 10.2. The number of hydrogen-bond acceptors (Lipinski definition) is 4. The maximum Gasteiger partial charge on any atom is 0.331 e. The van der Waals surface area contributed by atoms with E-state index in [2.05, 4.69) is 0 Å². The molecule has 1 aromatic heterocycles. The maximum atomic E-state index is 10.5. The third-order valence-electron chi connectivity index (χ3n) is 2.04. The van der Waals surface area contributed by atoms with Gasteiger partial charge in [0.2, 0.25) is 0 Å². The Morgan fingerprint density at radius 1 is 1.40 bits per heavy atom. The smallest absolute Gasteiger partial charge is 0.331 e. The average Bonchev–Trinajstić information content (AvgIpc) is 2.75. The molecule has 4 heteroatoms. The highest BCUT2D eigenvalue weighted by Crippen LogP contribution is 2.06. The van der Waals surface area contributed by atoms with E-state index in [9.17, 15) is 4.79 Å². The van der Waals surface area contributed by atoms with Crippen molar-refractivity contribution in [1.29, 1.82) is 0 Å². The number of aliphatic hydroxyl groups excluding tert-OH is 1. The van der Waals surface area contributed by atoms with Gasteiger partial charge < -0.3 is 14.3 Å². The third kappa shape index (κ3) is 5.22. The van der Waals surface area contributed by atoms with Gasteiger partial charge in [0.05, 0.1) is 12.9 Å². The molecule has 4 nitrogen and oxygen atoms in total. The first kappa shape index (κ1) is 11.8. The van der Waals surface area contributed by atoms with E-state index >= 15 is 0 Å². The van der Waals surface area contributed by atoms with Gasteiger partial charge in [0.25, 0.3) is 0 Å². The lowest BCUT2D eigenvalue weighted by Gasteiger charge is -2.01. The lowest BCUT2D eigenvalue weighted by molar-refractivity contribution is -0.147. The van der Waals surface area contributed by atoms with Crippen molar-refractivity contribution in [3.05, 3.63) is 24.2 Å². The number of carbonyl (C=O) groups excluding carboxylic acids is 1. The van der Waals surface area contributed by atoms with E-state index in [1.165, 1.54) is 0 Å². The minimum Gasteiger partial charge on any atom is -0.469 e. The molecule has 0 bridgehead atoms. The minimum absolute atomic E-state index is 0.386. The van der Waals surface area contributed by atoms with E-state index < -0.39 is 12.6 Å². The second-order valence-corrected chi connectivity index (χ2v) is 3.27. The minimum atomic E-state index is -0.555. The Balaban J connectivity index is 1.91. The molecular formula is C11H16O4. The largest absolute Gasteiger partial charge is 0.469 e. The molecule has 1 N–H and O–H groups in total. The van der Waals surface area contributed by atoms with Gasteiger partial charge in [-0.2, -0.15) is 0 Å². The predicted octanol–water partition coefficient (Wildman–Crippen LogP) is 1.53. The summed E-state index contributed by atoms with van der Waals surface area (Å²) in [5, 5.41) is 8.38. The second-order valence-electron chi connectivity index (χ2n) is 3.27. The fraction of sp³-hybridized carbons (Fsp3) is 0.545. The lowest BCUT2D eigenvalue weighted by atomic mass is 10.2. The number of aliphatic hydroxyl groups is 1. The molecule has 0 unspecified atom stereocenters. The van der Waals surface area contributed by atoms with Crippen LogP contribution in [0.4, 0.5) is 0 Å². The number of carbonyl (C=O) groups is 1. The van der Waals surface area contributed by atoms with Crippen molar-refractivity contribution in [2.75, 3.05) is 13.2 Å². The molecule has 84 valence electrons. The summed E-state index contributed by atoms with van der Waals surface area (Å²) in [6, 6.07) is 3.82. The molecule has 0 saturated carbocycles. The van der Waals surface area contributed by atoms with Crippen molar-refractivity contribution in [3.63, 3.8) is 0 Å². The van der Waals surface area contributed by atoms with Crippen LogP contribution in [0.5, 0.6) is 0 Å². The van der Waals surface area contributed by atoms with Crippen LogP contribution in [0.3, 0.4) is 0 Å². The quantitative estimate of drug-likeness (QED) is 0.550. The van der Waals surface area contributed by atoms with Gasteiger partial charge in [-0.3, -0.25) is 0 Å². The predicted molar refractivity (Wildman–Crippen MR) is 54.3 cm³/mol. The monoisotopic (exact) mass is 212 g/mol. The summed E-state index contributed by atoms with van der Waals surface area (Å²) in [5.41, 5.74) is 0. The van der Waals surface area contributed by atoms with Crippen LogP contribution in [-0.2, 0) is 16.0 Å². The number of esters is 1. The highest BCUT2D eigenvalue weighted by molar-refractivity contribution is 5.70. The molecule has 0 aliphatic carbocycles. The van der Waals surface area contributed by atoms with Crippen LogP contribution in [0.25, 0.3) is 0 Å². The Morgan fingerprint density at radius 2 is 2.27 bits per heavy atom. The van der Waals surface area contributed by atoms with Crippen LogP contribution in [0, 0.1) is 0 Å². The first-order valence-corrected chi connectivity index (χ1v) is 5.12. The molecule has 0 aromatic carbocycles. The molecule has 15 heavy (non-hydrogen) atoms. The Kier molecular flexibility index (Phi) is 5.55. The molecule has 0 amide bonds. The van der Waals surface area contributed by atoms with Crippen LogP contribution in [0.2, 0.25) is 0 Å². The van der Waals surface area contributed by atoms with Gasteiger partial charge in [0.1, 0.15) is 12.4 Å². The van der Waals surface area contributed by atoms with Crippen LogP contribution in [0.1, 0.15) is 25.0 Å². The summed E-state index contributed by atoms with van der Waals surface area (Å²) >= 11 is 0. The van der Waals surface area contributed by atoms with Gasteiger partial charge in [-0.05, 0) is 31.4 Å². The van der Waals surface area contributed by atoms with E-state index in [4.69, 9.17) is 14.3 Å². The molecule has 0 aliphatic rings. The molecule has 0 atom stereocenters. The molecule has 1 heterocycles.